The van der Waals surface area contributed by atoms with Gasteiger partial charge in [-0.15, -0.1) is 0 Å². The van der Waals surface area contributed by atoms with Gasteiger partial charge < -0.3 is 28.6 Å². The number of likely N-dealkylation sites (N-methyl/N-ethyl adjacent to an activating group) is 1. The number of aliphatic carboxylic acids is 1. The first-order chi connectivity index (χ1) is 28.6. The van der Waals surface area contributed by atoms with Gasteiger partial charge in [0, 0.05) is 19.3 Å². The van der Waals surface area contributed by atoms with Crippen LogP contribution in [0.5, 0.6) is 0 Å². The minimum Gasteiger partial charge on any atom is -0.544 e. The Bertz CT molecular complexity index is 1190. The second-order valence-electron chi connectivity index (χ2n) is 16.6. The van der Waals surface area contributed by atoms with E-state index in [9.17, 15) is 19.5 Å². The Kier molecular flexibility index (Phi) is 39.2. The number of unbranched alkanes of at least 4 members (excludes halogenated alkanes) is 15. The first-order valence-electron chi connectivity index (χ1n) is 23.5. The average Bonchev–Trinajstić information content (AvgIpc) is 3.19. The maximum absolute atomic E-state index is 12.7. The normalized spacial score (nSPS) is 13.6. The molecule has 0 aromatic rings. The van der Waals surface area contributed by atoms with Gasteiger partial charge in [-0.3, -0.25) is 9.59 Å². The molecule has 0 heterocycles. The highest BCUT2D eigenvalue weighted by molar-refractivity contribution is 5.70. The molecule has 0 amide bonds. The van der Waals surface area contributed by atoms with E-state index in [1.807, 2.05) is 0 Å². The monoisotopic (exact) mass is 826 g/mol. The largest absolute Gasteiger partial charge is 0.544 e. The number of rotatable bonds is 41. The molecule has 2 unspecified atom stereocenters. The highest BCUT2D eigenvalue weighted by Gasteiger charge is 2.25. The molecular formula is C51H87NO7. The van der Waals surface area contributed by atoms with Crippen LogP contribution in [0, 0.1) is 0 Å². The maximum atomic E-state index is 12.7. The molecule has 0 fully saturated rings. The molecule has 338 valence electrons. The van der Waals surface area contributed by atoms with Crippen molar-refractivity contribution in [3.63, 3.8) is 0 Å². The van der Waals surface area contributed by atoms with Gasteiger partial charge in [-0.25, -0.2) is 0 Å². The molecule has 2 atom stereocenters. The van der Waals surface area contributed by atoms with Gasteiger partial charge in [0.1, 0.15) is 12.6 Å². The lowest BCUT2D eigenvalue weighted by atomic mass is 10.0. The summed E-state index contributed by atoms with van der Waals surface area (Å²) in [5.74, 6) is -1.79. The number of hydrogen-bond donors (Lipinski definition) is 0. The smallest absolute Gasteiger partial charge is 0.306 e. The van der Waals surface area contributed by atoms with E-state index in [1.54, 1.807) is 21.1 Å². The number of allylic oxidation sites excluding steroid dienone is 12. The zero-order valence-corrected chi connectivity index (χ0v) is 38.4. The van der Waals surface area contributed by atoms with Gasteiger partial charge in [0.25, 0.3) is 0 Å². The molecule has 0 N–H and O–H groups in total. The Morgan fingerprint density at radius 3 is 1.41 bits per heavy atom. The van der Waals surface area contributed by atoms with Crippen LogP contribution >= 0.6 is 0 Å². The number of hydrogen-bond acceptors (Lipinski definition) is 7. The minimum absolute atomic E-state index is 0.0212. The average molecular weight is 826 g/mol. The summed E-state index contributed by atoms with van der Waals surface area (Å²) >= 11 is 0. The van der Waals surface area contributed by atoms with Crippen LogP contribution < -0.4 is 5.11 Å². The Morgan fingerprint density at radius 2 is 0.949 bits per heavy atom. The molecule has 0 bridgehead atoms. The Morgan fingerprint density at radius 1 is 0.525 bits per heavy atom. The minimum atomic E-state index is -1.13. The van der Waals surface area contributed by atoms with E-state index in [1.165, 1.54) is 70.6 Å². The Hall–Kier alpha value is -3.23. The van der Waals surface area contributed by atoms with E-state index >= 15 is 0 Å². The first kappa shape index (κ1) is 55.8. The van der Waals surface area contributed by atoms with E-state index < -0.39 is 18.1 Å². The van der Waals surface area contributed by atoms with E-state index in [-0.39, 0.29) is 49.1 Å². The molecular weight excluding hydrogens is 739 g/mol. The summed E-state index contributed by atoms with van der Waals surface area (Å²) in [7, 11) is 5.39. The number of quaternary nitrogens is 1. The maximum Gasteiger partial charge on any atom is 0.306 e. The van der Waals surface area contributed by atoms with Crippen molar-refractivity contribution in [2.45, 2.75) is 193 Å². The molecule has 0 saturated carbocycles. The number of carboxylic acid groups (broad SMARTS) is 1. The fraction of sp³-hybridized carbons (Fsp3) is 0.706. The van der Waals surface area contributed by atoms with E-state index in [4.69, 9.17) is 14.2 Å². The first-order valence-corrected chi connectivity index (χ1v) is 23.5. The fourth-order valence-electron chi connectivity index (χ4n) is 6.49. The Labute approximate surface area is 361 Å². The molecule has 0 aliphatic heterocycles. The lowest BCUT2D eigenvalue weighted by molar-refractivity contribution is -0.889. The second-order valence-corrected chi connectivity index (χ2v) is 16.6. The van der Waals surface area contributed by atoms with Crippen LogP contribution in [0.1, 0.15) is 181 Å². The van der Waals surface area contributed by atoms with Gasteiger partial charge in [-0.2, -0.15) is 0 Å². The van der Waals surface area contributed by atoms with Crippen LogP contribution in [0.3, 0.4) is 0 Å². The van der Waals surface area contributed by atoms with Crippen molar-refractivity contribution >= 4 is 17.9 Å². The predicted octanol–water partition coefficient (Wildman–Crippen LogP) is 11.8. The number of ether oxygens (including phenoxy) is 3. The summed E-state index contributed by atoms with van der Waals surface area (Å²) in [5, 5.41) is 11.6. The molecule has 0 spiro atoms. The van der Waals surface area contributed by atoms with Crippen LogP contribution in [-0.2, 0) is 28.6 Å². The SMILES string of the molecule is CC/C=C/C/C=C/C/C=C/C/C=C/C/C=C/C/C=C/CCCCC(=O)OC(COCCC(C(=O)[O-])[N+](C)(C)C)COC(=O)CCCCCCCCCCCCCCCC. The summed E-state index contributed by atoms with van der Waals surface area (Å²) in [5.41, 5.74) is 0. The van der Waals surface area contributed by atoms with Crippen molar-refractivity contribution in [2.24, 2.45) is 0 Å². The lowest BCUT2D eigenvalue weighted by Gasteiger charge is -2.34. The summed E-state index contributed by atoms with van der Waals surface area (Å²) in [6, 6.07) is -0.736. The van der Waals surface area contributed by atoms with Crippen LogP contribution in [0.15, 0.2) is 72.9 Å². The van der Waals surface area contributed by atoms with Crippen molar-refractivity contribution in [3.8, 4) is 0 Å². The standard InChI is InChI=1S/C51H87NO7/c1-6-8-10-12-14-16-18-20-22-23-24-25-26-27-28-30-32-34-36-38-40-42-50(54)59-47(45-57-44-43-48(51(55)56)52(3,4)5)46-58-49(53)41-39-37-35-33-31-29-21-19-17-15-13-11-9-7-2/h8,10,14,16,20,22,24-25,27-28,32,34,47-48H,6-7,9,11-13,15,17-19,21,23,26,29-31,33,35-46H2,1-5H3/b10-8+,16-14+,22-20+,25-24+,28-27+,34-32+. The van der Waals surface area contributed by atoms with Crippen molar-refractivity contribution in [2.75, 3.05) is 41.0 Å². The summed E-state index contributed by atoms with van der Waals surface area (Å²) < 4.78 is 17.1. The van der Waals surface area contributed by atoms with Crippen molar-refractivity contribution in [3.05, 3.63) is 72.9 Å². The molecule has 0 rings (SSSR count). The van der Waals surface area contributed by atoms with Gasteiger partial charge in [-0.1, -0.05) is 170 Å². The summed E-state index contributed by atoms with van der Waals surface area (Å²) in [6.07, 6.45) is 52.1. The molecule has 8 nitrogen and oxygen atoms in total. The van der Waals surface area contributed by atoms with Gasteiger partial charge in [-0.05, 0) is 64.2 Å². The zero-order chi connectivity index (χ0) is 43.5. The van der Waals surface area contributed by atoms with Crippen LogP contribution in [0.25, 0.3) is 0 Å². The highest BCUT2D eigenvalue weighted by Crippen LogP contribution is 2.14. The van der Waals surface area contributed by atoms with Crippen molar-refractivity contribution in [1.29, 1.82) is 0 Å². The zero-order valence-electron chi connectivity index (χ0n) is 38.4. The molecule has 0 aliphatic carbocycles. The number of carboxylic acids is 1. The molecule has 8 heteroatoms. The number of nitrogens with zero attached hydrogens (tertiary/aromatic N) is 1. The third kappa shape index (κ3) is 40.0. The third-order valence-electron chi connectivity index (χ3n) is 10.1. The van der Waals surface area contributed by atoms with Crippen LogP contribution in [-0.4, -0.2) is 75.5 Å². The predicted molar refractivity (Wildman–Crippen MR) is 245 cm³/mol. The molecule has 59 heavy (non-hydrogen) atoms. The van der Waals surface area contributed by atoms with Crippen LogP contribution in [0.4, 0.5) is 0 Å². The van der Waals surface area contributed by atoms with E-state index in [0.29, 0.717) is 12.8 Å². The van der Waals surface area contributed by atoms with Gasteiger partial charge in [0.2, 0.25) is 0 Å². The molecule has 0 saturated heterocycles. The number of carbonyl (C=O) groups excluding carboxylic acids is 3. The van der Waals surface area contributed by atoms with Crippen molar-refractivity contribution < 1.29 is 38.2 Å². The quantitative estimate of drug-likeness (QED) is 0.0262. The molecule has 0 radical (unpaired) electrons. The van der Waals surface area contributed by atoms with E-state index in [0.717, 1.165) is 70.6 Å². The van der Waals surface area contributed by atoms with Crippen molar-refractivity contribution in [1.82, 2.24) is 0 Å². The highest BCUT2D eigenvalue weighted by atomic mass is 16.6. The summed E-state index contributed by atoms with van der Waals surface area (Å²) in [6.45, 7) is 4.50. The van der Waals surface area contributed by atoms with Crippen LogP contribution in [0.2, 0.25) is 0 Å². The van der Waals surface area contributed by atoms with Gasteiger partial charge in [0.05, 0.1) is 40.3 Å². The number of carbonyl (C=O) groups is 3. The van der Waals surface area contributed by atoms with Gasteiger partial charge in [0.15, 0.2) is 6.10 Å². The number of esters is 2. The van der Waals surface area contributed by atoms with E-state index in [2.05, 4.69) is 86.8 Å². The fourth-order valence-corrected chi connectivity index (χ4v) is 6.49. The molecule has 0 aromatic carbocycles. The topological polar surface area (TPSA) is 102 Å². The molecule has 0 aromatic heterocycles. The third-order valence-corrected chi connectivity index (χ3v) is 10.1. The summed E-state index contributed by atoms with van der Waals surface area (Å²) in [4.78, 5) is 36.9. The second kappa shape index (κ2) is 41.5. The lowest BCUT2D eigenvalue weighted by Crippen LogP contribution is -2.55. The Balaban J connectivity index is 4.41. The van der Waals surface area contributed by atoms with Gasteiger partial charge >= 0.3 is 11.9 Å². The molecule has 0 aliphatic rings.